The molecule has 1 heterocycles. The first-order chi connectivity index (χ1) is 11.9. The maximum Gasteiger partial charge on any atom is 0.321 e. The van der Waals surface area contributed by atoms with Crippen LogP contribution in [0.4, 0.5) is 5.82 Å². The molecule has 0 aliphatic heterocycles. The summed E-state index contributed by atoms with van der Waals surface area (Å²) in [6, 6.07) is 12.7. The van der Waals surface area contributed by atoms with Gasteiger partial charge in [0.1, 0.15) is 28.2 Å². The molecule has 0 fully saturated rings. The number of nitriles is 2. The number of pyridine rings is 1. The lowest BCUT2D eigenvalue weighted by atomic mass is 9.94. The van der Waals surface area contributed by atoms with E-state index in [1.165, 1.54) is 0 Å². The van der Waals surface area contributed by atoms with Gasteiger partial charge >= 0.3 is 5.97 Å². The fourth-order valence-electron chi connectivity index (χ4n) is 2.49. The molecule has 1 aromatic carbocycles. The van der Waals surface area contributed by atoms with E-state index in [0.717, 1.165) is 11.8 Å². The van der Waals surface area contributed by atoms with E-state index in [9.17, 15) is 20.4 Å². The van der Waals surface area contributed by atoms with Crippen LogP contribution >= 0.6 is 11.8 Å². The molecule has 2 aromatic rings. The number of nitrogen functional groups attached to an aromatic ring is 1. The zero-order chi connectivity index (χ0) is 18.6. The van der Waals surface area contributed by atoms with Crippen molar-refractivity contribution in [2.45, 2.75) is 30.0 Å². The lowest BCUT2D eigenvalue weighted by molar-refractivity contribution is -0.136. The summed E-state index contributed by atoms with van der Waals surface area (Å²) in [6.45, 7) is 3.69. The molecule has 0 saturated carbocycles. The molecular formula is C18H16N4O2S. The van der Waals surface area contributed by atoms with Gasteiger partial charge in [-0.15, -0.1) is 0 Å². The number of carboxylic acids is 1. The Morgan fingerprint density at radius 2 is 1.80 bits per heavy atom. The van der Waals surface area contributed by atoms with Crippen molar-refractivity contribution in [2.75, 3.05) is 5.73 Å². The van der Waals surface area contributed by atoms with Gasteiger partial charge in [0.2, 0.25) is 0 Å². The molecule has 25 heavy (non-hydrogen) atoms. The molecular weight excluding hydrogens is 336 g/mol. The molecule has 0 radical (unpaired) electrons. The quantitative estimate of drug-likeness (QED) is 0.790. The van der Waals surface area contributed by atoms with Crippen molar-refractivity contribution in [1.82, 2.24) is 4.98 Å². The number of hydrogen-bond donors (Lipinski definition) is 2. The fourth-order valence-corrected chi connectivity index (χ4v) is 3.53. The number of hydrogen-bond acceptors (Lipinski definition) is 6. The Morgan fingerprint density at radius 3 is 2.28 bits per heavy atom. The molecule has 0 aliphatic carbocycles. The largest absolute Gasteiger partial charge is 0.480 e. The highest BCUT2D eigenvalue weighted by Gasteiger charge is 2.27. The van der Waals surface area contributed by atoms with Crippen LogP contribution in [0.2, 0.25) is 0 Å². The molecule has 0 aliphatic rings. The molecule has 0 amide bonds. The maximum atomic E-state index is 11.7. The number of carboxylic acid groups (broad SMARTS) is 1. The van der Waals surface area contributed by atoms with Crippen LogP contribution in [-0.2, 0) is 4.79 Å². The summed E-state index contributed by atoms with van der Waals surface area (Å²) in [6.07, 6.45) is 0. The molecule has 0 spiro atoms. The van der Waals surface area contributed by atoms with E-state index < -0.39 is 11.2 Å². The molecule has 0 bridgehead atoms. The Balaban J connectivity index is 2.61. The summed E-state index contributed by atoms with van der Waals surface area (Å²) in [5, 5.41) is 27.8. The number of carbonyl (C=O) groups is 1. The van der Waals surface area contributed by atoms with Crippen LogP contribution in [-0.4, -0.2) is 16.1 Å². The van der Waals surface area contributed by atoms with E-state index in [1.54, 1.807) is 30.3 Å². The van der Waals surface area contributed by atoms with Crippen LogP contribution in [0.25, 0.3) is 0 Å². The number of aliphatic carboxylic acids is 1. The lowest BCUT2D eigenvalue weighted by Gasteiger charge is -2.17. The van der Waals surface area contributed by atoms with Crippen molar-refractivity contribution in [2.24, 2.45) is 0 Å². The monoisotopic (exact) mass is 352 g/mol. The molecule has 3 N–H and O–H groups in total. The number of nitrogens with two attached hydrogens (primary N) is 1. The van der Waals surface area contributed by atoms with Crippen LogP contribution < -0.4 is 5.73 Å². The van der Waals surface area contributed by atoms with Gasteiger partial charge in [0, 0.05) is 0 Å². The van der Waals surface area contributed by atoms with Gasteiger partial charge in [0.25, 0.3) is 0 Å². The number of rotatable bonds is 5. The summed E-state index contributed by atoms with van der Waals surface area (Å²) < 4.78 is 0. The molecule has 2 rings (SSSR count). The first kappa shape index (κ1) is 18.3. The molecule has 0 saturated heterocycles. The van der Waals surface area contributed by atoms with Crippen molar-refractivity contribution < 1.29 is 9.90 Å². The number of benzene rings is 1. The average molecular weight is 352 g/mol. The third-order valence-electron chi connectivity index (χ3n) is 3.59. The van der Waals surface area contributed by atoms with Gasteiger partial charge in [-0.1, -0.05) is 55.9 Å². The predicted molar refractivity (Wildman–Crippen MR) is 94.8 cm³/mol. The first-order valence-electron chi connectivity index (χ1n) is 7.48. The Hall–Kier alpha value is -3.03. The summed E-state index contributed by atoms with van der Waals surface area (Å²) in [5.41, 5.74) is 7.33. The summed E-state index contributed by atoms with van der Waals surface area (Å²) in [7, 11) is 0. The highest BCUT2D eigenvalue weighted by molar-refractivity contribution is 8.00. The van der Waals surface area contributed by atoms with Crippen molar-refractivity contribution in [3.8, 4) is 12.1 Å². The minimum atomic E-state index is -1.05. The minimum absolute atomic E-state index is 0.00454. The highest BCUT2D eigenvalue weighted by Crippen LogP contribution is 2.40. The predicted octanol–water partition coefficient (Wildman–Crippen LogP) is 3.45. The highest BCUT2D eigenvalue weighted by atomic mass is 32.2. The van der Waals surface area contributed by atoms with Gasteiger partial charge in [-0.25, -0.2) is 4.98 Å². The Morgan fingerprint density at radius 1 is 1.20 bits per heavy atom. The van der Waals surface area contributed by atoms with Crippen molar-refractivity contribution in [3.05, 3.63) is 52.6 Å². The number of anilines is 1. The van der Waals surface area contributed by atoms with Gasteiger partial charge in [-0.3, -0.25) is 4.79 Å². The smallest absolute Gasteiger partial charge is 0.321 e. The van der Waals surface area contributed by atoms with E-state index in [2.05, 4.69) is 11.1 Å². The average Bonchev–Trinajstić information content (AvgIpc) is 2.59. The molecule has 126 valence electrons. The van der Waals surface area contributed by atoms with E-state index in [4.69, 9.17) is 5.73 Å². The molecule has 7 heteroatoms. The lowest BCUT2D eigenvalue weighted by Crippen LogP contribution is -2.11. The van der Waals surface area contributed by atoms with Crippen molar-refractivity contribution in [1.29, 1.82) is 10.5 Å². The molecule has 1 atom stereocenters. The van der Waals surface area contributed by atoms with E-state index in [0.29, 0.717) is 11.1 Å². The Kier molecular flexibility index (Phi) is 5.63. The van der Waals surface area contributed by atoms with E-state index in [-0.39, 0.29) is 27.9 Å². The second-order valence-electron chi connectivity index (χ2n) is 5.59. The topological polar surface area (TPSA) is 124 Å². The summed E-state index contributed by atoms with van der Waals surface area (Å²) in [5.74, 6) is -1.17. The van der Waals surface area contributed by atoms with Gasteiger partial charge in [0.05, 0.1) is 11.1 Å². The van der Waals surface area contributed by atoms with Gasteiger partial charge in [-0.2, -0.15) is 10.5 Å². The third kappa shape index (κ3) is 3.73. The summed E-state index contributed by atoms with van der Waals surface area (Å²) in [4.78, 5) is 15.9. The van der Waals surface area contributed by atoms with Crippen LogP contribution in [0.3, 0.4) is 0 Å². The second-order valence-corrected chi connectivity index (χ2v) is 6.68. The molecule has 6 nitrogen and oxygen atoms in total. The van der Waals surface area contributed by atoms with Crippen LogP contribution in [0.5, 0.6) is 0 Å². The van der Waals surface area contributed by atoms with Crippen molar-refractivity contribution in [3.63, 3.8) is 0 Å². The van der Waals surface area contributed by atoms with Gasteiger partial charge in [-0.05, 0) is 17.0 Å². The Bertz CT molecular complexity index is 883. The molecule has 1 aromatic heterocycles. The first-order valence-corrected chi connectivity index (χ1v) is 8.36. The fraction of sp³-hybridized carbons (Fsp3) is 0.222. The Labute approximate surface area is 149 Å². The molecule has 1 unspecified atom stereocenters. The van der Waals surface area contributed by atoms with Crippen LogP contribution in [0.1, 0.15) is 47.3 Å². The van der Waals surface area contributed by atoms with E-state index >= 15 is 0 Å². The normalized spacial score (nSPS) is 11.6. The van der Waals surface area contributed by atoms with Gasteiger partial charge < -0.3 is 10.8 Å². The second kappa shape index (κ2) is 7.69. The third-order valence-corrected chi connectivity index (χ3v) is 4.82. The van der Waals surface area contributed by atoms with Crippen LogP contribution in [0, 0.1) is 22.7 Å². The number of aromatic nitrogens is 1. The minimum Gasteiger partial charge on any atom is -0.480 e. The number of thioether (sulfide) groups is 1. The zero-order valence-electron chi connectivity index (χ0n) is 13.7. The SMILES string of the molecule is CC(C)c1c(C#N)c(N)nc(SC(C(=O)O)c2ccccc2)c1C#N. The van der Waals surface area contributed by atoms with Crippen LogP contribution in [0.15, 0.2) is 35.4 Å². The van der Waals surface area contributed by atoms with Gasteiger partial charge in [0.15, 0.2) is 0 Å². The van der Waals surface area contributed by atoms with Crippen molar-refractivity contribution >= 4 is 23.5 Å². The zero-order valence-corrected chi connectivity index (χ0v) is 14.5. The van der Waals surface area contributed by atoms with E-state index in [1.807, 2.05) is 19.9 Å². The maximum absolute atomic E-state index is 11.7. The standard InChI is InChI=1S/C18H16N4O2S/c1-10(2)14-12(8-19)16(21)22-17(13(14)9-20)25-15(18(23)24)11-6-4-3-5-7-11/h3-7,10,15H,1-2H3,(H2,21,22)(H,23,24). The summed E-state index contributed by atoms with van der Waals surface area (Å²) >= 11 is 0.943. The number of nitrogens with zero attached hydrogens (tertiary/aromatic N) is 3.